The molecule has 0 unspecified atom stereocenters. The molecular weight excluding hydrogens is 639 g/mol. The lowest BCUT2D eigenvalue weighted by molar-refractivity contribution is 1.18. The zero-order valence-corrected chi connectivity index (χ0v) is 29.0. The predicted octanol–water partition coefficient (Wildman–Crippen LogP) is 14.4. The van der Waals surface area contributed by atoms with E-state index in [2.05, 4.69) is 205 Å². The van der Waals surface area contributed by atoms with Crippen LogP contribution in [-0.2, 0) is 0 Å². The normalized spacial score (nSPS) is 11.8. The van der Waals surface area contributed by atoms with Gasteiger partial charge in [0, 0.05) is 16.5 Å². The van der Waals surface area contributed by atoms with Gasteiger partial charge in [0.2, 0.25) is 0 Å². The lowest BCUT2D eigenvalue weighted by atomic mass is 9.87. The molecule has 0 saturated heterocycles. The van der Waals surface area contributed by atoms with Crippen LogP contribution in [0, 0.1) is 0 Å². The molecule has 1 aromatic heterocycles. The highest BCUT2D eigenvalue weighted by Crippen LogP contribution is 2.43. The second-order valence-electron chi connectivity index (χ2n) is 14.1. The highest BCUT2D eigenvalue weighted by Gasteiger charge is 2.17. The third-order valence-corrected chi connectivity index (χ3v) is 11.1. The molecule has 11 aromatic rings. The van der Waals surface area contributed by atoms with Crippen LogP contribution in [0.1, 0.15) is 0 Å². The van der Waals surface area contributed by atoms with E-state index in [9.17, 15) is 0 Å². The van der Waals surface area contributed by atoms with E-state index < -0.39 is 0 Å². The zero-order valence-electron chi connectivity index (χ0n) is 29.0. The van der Waals surface area contributed by atoms with Crippen LogP contribution in [0.3, 0.4) is 0 Å². The number of hydrogen-bond acceptors (Lipinski definition) is 0. The maximum Gasteiger partial charge on any atom is 0.0541 e. The standard InChI is InChI=1S/C52H33N/c1-2-16-40(17-3-1)53-51-25-13-12-24-47(51)50-31-34(26-27-52(50)53)37-28-38(48-32-35-14-4-6-18-41(35)43-20-8-10-22-45(43)48)30-39(29-37)49-33-36-15-5-7-19-42(36)44-21-9-11-23-46(44)49/h1-33H. The summed E-state index contributed by atoms with van der Waals surface area (Å²) in [6, 6.07) is 73.7. The summed E-state index contributed by atoms with van der Waals surface area (Å²) in [5, 5.41) is 12.6. The van der Waals surface area contributed by atoms with Crippen molar-refractivity contribution in [3.63, 3.8) is 0 Å². The van der Waals surface area contributed by atoms with E-state index in [1.807, 2.05) is 0 Å². The SMILES string of the molecule is c1ccc(-n2c3ccccc3c3cc(-c4cc(-c5cc6ccccc6c6ccccc56)cc(-c5cc6ccccc6c6ccccc56)c4)ccc32)cc1. The molecule has 0 saturated carbocycles. The Balaban J connectivity index is 1.22. The lowest BCUT2D eigenvalue weighted by Crippen LogP contribution is -1.93. The first-order chi connectivity index (χ1) is 26.3. The van der Waals surface area contributed by atoms with Gasteiger partial charge in [0.05, 0.1) is 11.0 Å². The molecule has 0 amide bonds. The molecule has 0 spiro atoms. The molecule has 11 rings (SSSR count). The van der Waals surface area contributed by atoms with Gasteiger partial charge < -0.3 is 4.57 Å². The molecule has 0 N–H and O–H groups in total. The fraction of sp³-hybridized carbons (Fsp3) is 0. The van der Waals surface area contributed by atoms with Crippen molar-refractivity contribution in [2.45, 2.75) is 0 Å². The molecule has 0 aliphatic carbocycles. The van der Waals surface area contributed by atoms with E-state index in [4.69, 9.17) is 0 Å². The van der Waals surface area contributed by atoms with Crippen LogP contribution in [0.5, 0.6) is 0 Å². The summed E-state index contributed by atoms with van der Waals surface area (Å²) in [7, 11) is 0. The van der Waals surface area contributed by atoms with Crippen molar-refractivity contribution in [1.82, 2.24) is 4.57 Å². The summed E-state index contributed by atoms with van der Waals surface area (Å²) in [6.45, 7) is 0. The first-order valence-electron chi connectivity index (χ1n) is 18.3. The summed E-state index contributed by atoms with van der Waals surface area (Å²) >= 11 is 0. The molecular formula is C52H33N. The minimum absolute atomic E-state index is 1.17. The van der Waals surface area contributed by atoms with Crippen LogP contribution in [0.2, 0.25) is 0 Å². The molecule has 0 fully saturated rings. The minimum Gasteiger partial charge on any atom is -0.309 e. The Morgan fingerprint density at radius 1 is 0.245 bits per heavy atom. The van der Waals surface area contributed by atoms with Crippen LogP contribution in [0.25, 0.3) is 104 Å². The molecule has 0 radical (unpaired) electrons. The van der Waals surface area contributed by atoms with Gasteiger partial charge in [0.15, 0.2) is 0 Å². The topological polar surface area (TPSA) is 4.93 Å². The van der Waals surface area contributed by atoms with E-state index in [1.54, 1.807) is 0 Å². The molecule has 0 bridgehead atoms. The predicted molar refractivity (Wildman–Crippen MR) is 227 cm³/mol. The van der Waals surface area contributed by atoms with Gasteiger partial charge in [0.25, 0.3) is 0 Å². The second-order valence-corrected chi connectivity index (χ2v) is 14.1. The Labute approximate surface area is 307 Å². The second kappa shape index (κ2) is 11.8. The van der Waals surface area contributed by atoms with Crippen molar-refractivity contribution < 1.29 is 0 Å². The summed E-state index contributed by atoms with van der Waals surface area (Å²) < 4.78 is 2.39. The Morgan fingerprint density at radius 2 is 0.698 bits per heavy atom. The van der Waals surface area contributed by atoms with E-state index in [1.165, 1.54) is 104 Å². The fourth-order valence-corrected chi connectivity index (χ4v) is 8.70. The molecule has 246 valence electrons. The smallest absolute Gasteiger partial charge is 0.0541 e. The van der Waals surface area contributed by atoms with Crippen LogP contribution < -0.4 is 0 Å². The number of hydrogen-bond donors (Lipinski definition) is 0. The van der Waals surface area contributed by atoms with E-state index in [-0.39, 0.29) is 0 Å². The molecule has 1 heterocycles. The average molecular weight is 672 g/mol. The monoisotopic (exact) mass is 671 g/mol. The van der Waals surface area contributed by atoms with Gasteiger partial charge in [-0.25, -0.2) is 0 Å². The van der Waals surface area contributed by atoms with Crippen LogP contribution in [0.15, 0.2) is 200 Å². The van der Waals surface area contributed by atoms with E-state index in [0.717, 1.165) is 0 Å². The summed E-state index contributed by atoms with van der Waals surface area (Å²) in [4.78, 5) is 0. The Hall–Kier alpha value is -6.96. The lowest BCUT2D eigenvalue weighted by Gasteiger charge is -2.17. The van der Waals surface area contributed by atoms with Crippen molar-refractivity contribution in [3.8, 4) is 39.1 Å². The van der Waals surface area contributed by atoms with Gasteiger partial charge in [-0.1, -0.05) is 140 Å². The molecule has 0 atom stereocenters. The molecule has 1 heteroatoms. The Morgan fingerprint density at radius 3 is 1.30 bits per heavy atom. The number of fused-ring (bicyclic) bond motifs is 9. The van der Waals surface area contributed by atoms with Gasteiger partial charge in [-0.3, -0.25) is 0 Å². The first kappa shape index (κ1) is 29.7. The van der Waals surface area contributed by atoms with Gasteiger partial charge in [-0.15, -0.1) is 0 Å². The Kier molecular flexibility index (Phi) is 6.62. The van der Waals surface area contributed by atoms with Crippen molar-refractivity contribution >= 4 is 64.9 Å². The summed E-state index contributed by atoms with van der Waals surface area (Å²) in [5.74, 6) is 0. The van der Waals surface area contributed by atoms with Crippen LogP contribution >= 0.6 is 0 Å². The largest absolute Gasteiger partial charge is 0.309 e. The number of aromatic nitrogens is 1. The van der Waals surface area contributed by atoms with Crippen LogP contribution in [-0.4, -0.2) is 4.57 Å². The van der Waals surface area contributed by atoms with E-state index >= 15 is 0 Å². The number of nitrogens with zero attached hydrogens (tertiary/aromatic N) is 1. The molecule has 53 heavy (non-hydrogen) atoms. The summed E-state index contributed by atoms with van der Waals surface area (Å²) in [5.41, 5.74) is 10.9. The number of rotatable bonds is 4. The van der Waals surface area contributed by atoms with Gasteiger partial charge >= 0.3 is 0 Å². The highest BCUT2D eigenvalue weighted by atomic mass is 15.0. The fourth-order valence-electron chi connectivity index (χ4n) is 8.70. The maximum absolute atomic E-state index is 2.41. The summed E-state index contributed by atoms with van der Waals surface area (Å²) in [6.07, 6.45) is 0. The minimum atomic E-state index is 1.17. The molecule has 0 aliphatic heterocycles. The Bertz CT molecular complexity index is 3080. The van der Waals surface area contributed by atoms with Crippen LogP contribution in [0.4, 0.5) is 0 Å². The average Bonchev–Trinajstić information content (AvgIpc) is 3.57. The molecule has 10 aromatic carbocycles. The van der Waals surface area contributed by atoms with Crippen molar-refractivity contribution in [1.29, 1.82) is 0 Å². The van der Waals surface area contributed by atoms with Gasteiger partial charge in [-0.2, -0.15) is 0 Å². The van der Waals surface area contributed by atoms with Crippen molar-refractivity contribution in [2.75, 3.05) is 0 Å². The van der Waals surface area contributed by atoms with Gasteiger partial charge in [0.1, 0.15) is 0 Å². The maximum atomic E-state index is 2.41. The molecule has 0 aliphatic rings. The van der Waals surface area contributed by atoms with Gasteiger partial charge in [-0.05, 0) is 137 Å². The third kappa shape index (κ3) is 4.71. The number of benzene rings is 10. The van der Waals surface area contributed by atoms with Crippen molar-refractivity contribution in [3.05, 3.63) is 200 Å². The molecule has 1 nitrogen and oxygen atoms in total. The zero-order chi connectivity index (χ0) is 34.9. The van der Waals surface area contributed by atoms with E-state index in [0.29, 0.717) is 0 Å². The third-order valence-electron chi connectivity index (χ3n) is 11.1. The number of para-hydroxylation sites is 2. The quantitative estimate of drug-likeness (QED) is 0.164. The first-order valence-corrected chi connectivity index (χ1v) is 18.3. The highest BCUT2D eigenvalue weighted by molar-refractivity contribution is 6.16. The van der Waals surface area contributed by atoms with Crippen molar-refractivity contribution in [2.24, 2.45) is 0 Å².